The molecule has 0 aliphatic heterocycles. The Labute approximate surface area is 626 Å². The molecule has 3 N–H and O–H groups in total. The highest BCUT2D eigenvalue weighted by Gasteiger charge is 2.30. The van der Waals surface area contributed by atoms with Crippen molar-refractivity contribution in [3.05, 3.63) is 0 Å². The van der Waals surface area contributed by atoms with Crippen molar-refractivity contribution in [2.45, 2.75) is 464 Å². The first kappa shape index (κ1) is 100. The summed E-state index contributed by atoms with van der Waals surface area (Å²) in [5.74, 6) is -1.30. The molecule has 0 heterocycles. The summed E-state index contributed by atoms with van der Waals surface area (Å²) in [7, 11) is -9.92. The third kappa shape index (κ3) is 76.3. The van der Waals surface area contributed by atoms with Gasteiger partial charge in [-0.2, -0.15) is 0 Å². The maximum absolute atomic E-state index is 13.1. The highest BCUT2D eigenvalue weighted by molar-refractivity contribution is 7.47. The van der Waals surface area contributed by atoms with Gasteiger partial charge in [0.2, 0.25) is 0 Å². The van der Waals surface area contributed by atoms with Gasteiger partial charge in [-0.15, -0.1) is 0 Å². The van der Waals surface area contributed by atoms with Crippen LogP contribution < -0.4 is 0 Å². The zero-order valence-electron chi connectivity index (χ0n) is 66.8. The molecule has 0 fully saturated rings. The summed E-state index contributed by atoms with van der Waals surface area (Å²) in [6.07, 6.45) is 68.0. The van der Waals surface area contributed by atoms with Gasteiger partial charge in [-0.25, -0.2) is 9.13 Å². The average molecular weight is 1490 g/mol. The first-order valence-corrected chi connectivity index (χ1v) is 46.1. The summed E-state index contributed by atoms with van der Waals surface area (Å²) in [4.78, 5) is 73.1. The lowest BCUT2D eigenvalue weighted by atomic mass is 10.0. The van der Waals surface area contributed by atoms with Crippen LogP contribution in [0.3, 0.4) is 0 Å². The number of hydrogen-bond donors (Lipinski definition) is 3. The summed E-state index contributed by atoms with van der Waals surface area (Å²) < 4.78 is 68.8. The highest BCUT2D eigenvalue weighted by atomic mass is 31.2. The maximum Gasteiger partial charge on any atom is 0.472 e. The van der Waals surface area contributed by atoms with Gasteiger partial charge >= 0.3 is 39.5 Å². The predicted octanol–water partition coefficient (Wildman–Crippen LogP) is 25.2. The van der Waals surface area contributed by atoms with Crippen molar-refractivity contribution in [2.75, 3.05) is 39.6 Å². The number of rotatable bonds is 83. The second kappa shape index (κ2) is 75.9. The van der Waals surface area contributed by atoms with Crippen molar-refractivity contribution in [1.82, 2.24) is 0 Å². The van der Waals surface area contributed by atoms with Crippen molar-refractivity contribution in [3.63, 3.8) is 0 Å². The predicted molar refractivity (Wildman–Crippen MR) is 418 cm³/mol. The van der Waals surface area contributed by atoms with Crippen LogP contribution in [-0.2, 0) is 65.4 Å². The van der Waals surface area contributed by atoms with Gasteiger partial charge in [0.05, 0.1) is 26.4 Å². The molecule has 19 heteroatoms. The van der Waals surface area contributed by atoms with E-state index in [1.54, 1.807) is 0 Å². The van der Waals surface area contributed by atoms with Gasteiger partial charge in [0.1, 0.15) is 19.3 Å². The molecule has 606 valence electrons. The monoisotopic (exact) mass is 1490 g/mol. The van der Waals surface area contributed by atoms with E-state index in [2.05, 4.69) is 34.6 Å². The molecule has 0 saturated carbocycles. The largest absolute Gasteiger partial charge is 0.472 e. The molecule has 0 aliphatic carbocycles. The van der Waals surface area contributed by atoms with Crippen molar-refractivity contribution in [2.24, 2.45) is 5.92 Å². The minimum Gasteiger partial charge on any atom is -0.462 e. The zero-order valence-corrected chi connectivity index (χ0v) is 68.5. The maximum atomic E-state index is 13.1. The van der Waals surface area contributed by atoms with Crippen LogP contribution in [0.5, 0.6) is 0 Å². The lowest BCUT2D eigenvalue weighted by molar-refractivity contribution is -0.161. The summed E-state index contributed by atoms with van der Waals surface area (Å²) in [6, 6.07) is 0. The number of aliphatic hydroxyl groups is 1. The van der Waals surface area contributed by atoms with Crippen molar-refractivity contribution < 1.29 is 80.2 Å². The molecule has 0 aromatic carbocycles. The van der Waals surface area contributed by atoms with Gasteiger partial charge in [0.15, 0.2) is 12.2 Å². The van der Waals surface area contributed by atoms with Gasteiger partial charge in [0, 0.05) is 25.7 Å². The Morgan fingerprint density at radius 3 is 0.667 bits per heavy atom. The zero-order chi connectivity index (χ0) is 74.8. The molecule has 0 aromatic heterocycles. The lowest BCUT2D eigenvalue weighted by Gasteiger charge is -2.21. The number of hydrogen-bond acceptors (Lipinski definition) is 15. The first-order chi connectivity index (χ1) is 49.5. The standard InChI is InChI=1S/C83H162O17P2/c1-6-9-12-15-18-21-24-26-27-28-29-30-31-32-33-34-39-44-49-54-59-64-69-83(88)100-79(73-94-81(86)67-62-57-52-47-43-38-36-35-37-41-45-50-55-60-65-76(4)5)75-98-102(91,92)96-71-77(84)70-95-101(89,90)97-74-78(72-93-80(85)66-61-56-51-46-40-23-20-17-14-11-8-3)99-82(87)68-63-58-53-48-42-25-22-19-16-13-10-7-2/h76-79,84H,6-75H2,1-5H3,(H,89,90)(H,91,92)/t77-,78+,79+/m0/s1. The minimum absolute atomic E-state index is 0.108. The molecule has 0 rings (SSSR count). The van der Waals surface area contributed by atoms with Crippen LogP contribution in [0.15, 0.2) is 0 Å². The van der Waals surface area contributed by atoms with Crippen LogP contribution in [0.2, 0.25) is 0 Å². The Morgan fingerprint density at radius 2 is 0.451 bits per heavy atom. The quantitative estimate of drug-likeness (QED) is 0.0222. The third-order valence-electron chi connectivity index (χ3n) is 19.5. The molecule has 2 unspecified atom stereocenters. The molecular weight excluding hydrogens is 1330 g/mol. The van der Waals surface area contributed by atoms with E-state index in [0.29, 0.717) is 25.7 Å². The summed E-state index contributed by atoms with van der Waals surface area (Å²) in [5.41, 5.74) is 0. The molecule has 0 aliphatic rings. The SMILES string of the molecule is CCCCCCCCCCCCCCCCCCCCCCCCC(=O)O[C@H](COC(=O)CCCCCCCCCCCCCCCCC(C)C)COP(=O)(O)OC[C@@H](O)COP(=O)(O)OC[C@@H](COC(=O)CCCCCCCCCCCCC)OC(=O)CCCCCCCCCCCCCC. The smallest absolute Gasteiger partial charge is 0.462 e. The number of esters is 4. The van der Waals surface area contributed by atoms with E-state index in [4.69, 9.17) is 37.0 Å². The van der Waals surface area contributed by atoms with E-state index in [1.165, 1.54) is 270 Å². The van der Waals surface area contributed by atoms with E-state index in [-0.39, 0.29) is 25.7 Å². The van der Waals surface area contributed by atoms with Gasteiger partial charge in [0.25, 0.3) is 0 Å². The number of unbranched alkanes of at least 4 members (excludes halogenated alkanes) is 55. The van der Waals surface area contributed by atoms with E-state index >= 15 is 0 Å². The van der Waals surface area contributed by atoms with Gasteiger partial charge in [-0.1, -0.05) is 394 Å². The lowest BCUT2D eigenvalue weighted by Crippen LogP contribution is -2.30. The molecule has 0 radical (unpaired) electrons. The fourth-order valence-corrected chi connectivity index (χ4v) is 14.5. The highest BCUT2D eigenvalue weighted by Crippen LogP contribution is 2.45. The molecule has 0 spiro atoms. The number of carbonyl (C=O) groups excluding carboxylic acids is 4. The Morgan fingerprint density at radius 1 is 0.265 bits per heavy atom. The van der Waals surface area contributed by atoms with Gasteiger partial charge in [-0.3, -0.25) is 37.3 Å². The van der Waals surface area contributed by atoms with Gasteiger partial charge in [-0.05, 0) is 31.6 Å². The van der Waals surface area contributed by atoms with E-state index < -0.39 is 97.5 Å². The summed E-state index contributed by atoms with van der Waals surface area (Å²) in [6.45, 7) is 7.36. The molecule has 17 nitrogen and oxygen atoms in total. The molecule has 5 atom stereocenters. The molecule has 0 saturated heterocycles. The van der Waals surface area contributed by atoms with Gasteiger partial charge < -0.3 is 33.8 Å². The van der Waals surface area contributed by atoms with E-state index in [0.717, 1.165) is 95.8 Å². The van der Waals surface area contributed by atoms with Crippen LogP contribution in [-0.4, -0.2) is 96.7 Å². The Balaban J connectivity index is 5.21. The van der Waals surface area contributed by atoms with Crippen LogP contribution in [0.1, 0.15) is 446 Å². The van der Waals surface area contributed by atoms with Crippen LogP contribution >= 0.6 is 15.6 Å². The van der Waals surface area contributed by atoms with Crippen molar-refractivity contribution >= 4 is 39.5 Å². The van der Waals surface area contributed by atoms with E-state index in [1.807, 2.05) is 0 Å². The first-order valence-electron chi connectivity index (χ1n) is 43.1. The third-order valence-corrected chi connectivity index (χ3v) is 21.4. The number of aliphatic hydroxyl groups excluding tert-OH is 1. The normalized spacial score (nSPS) is 13.8. The Kier molecular flexibility index (Phi) is 74.4. The fourth-order valence-electron chi connectivity index (χ4n) is 12.9. The molecule has 102 heavy (non-hydrogen) atoms. The topological polar surface area (TPSA) is 237 Å². The number of carbonyl (C=O) groups is 4. The minimum atomic E-state index is -4.96. The molecule has 0 amide bonds. The average Bonchev–Trinajstić information content (AvgIpc) is 1.24. The fraction of sp³-hybridized carbons (Fsp3) is 0.952. The number of phosphoric acid groups is 2. The number of ether oxygens (including phenoxy) is 4. The number of phosphoric ester groups is 2. The van der Waals surface area contributed by atoms with E-state index in [9.17, 15) is 43.2 Å². The summed E-state index contributed by atoms with van der Waals surface area (Å²) in [5, 5.41) is 10.6. The van der Waals surface area contributed by atoms with Crippen LogP contribution in [0, 0.1) is 5.92 Å². The summed E-state index contributed by atoms with van der Waals surface area (Å²) >= 11 is 0. The van der Waals surface area contributed by atoms with Crippen LogP contribution in [0.4, 0.5) is 0 Å². The molecule has 0 aromatic rings. The second-order valence-electron chi connectivity index (χ2n) is 30.3. The Hall–Kier alpha value is -1.94. The molecular formula is C83H162O17P2. The van der Waals surface area contributed by atoms with Crippen LogP contribution in [0.25, 0.3) is 0 Å². The Bertz CT molecular complexity index is 1940. The van der Waals surface area contributed by atoms with Crippen molar-refractivity contribution in [3.8, 4) is 0 Å². The second-order valence-corrected chi connectivity index (χ2v) is 33.3. The van der Waals surface area contributed by atoms with Crippen molar-refractivity contribution in [1.29, 1.82) is 0 Å². The molecule has 0 bridgehead atoms.